The van der Waals surface area contributed by atoms with Crippen molar-refractivity contribution in [3.05, 3.63) is 46.2 Å². The fourth-order valence-corrected chi connectivity index (χ4v) is 4.44. The van der Waals surface area contributed by atoms with Crippen LogP contribution in [0.25, 0.3) is 0 Å². The van der Waals surface area contributed by atoms with Gasteiger partial charge in [-0.2, -0.15) is 0 Å². The number of rotatable bonds is 6. The van der Waals surface area contributed by atoms with Crippen LogP contribution in [0.3, 0.4) is 0 Å². The van der Waals surface area contributed by atoms with Crippen molar-refractivity contribution in [3.8, 4) is 0 Å². The van der Waals surface area contributed by atoms with Gasteiger partial charge in [0.1, 0.15) is 0 Å². The highest BCUT2D eigenvalue weighted by Crippen LogP contribution is 2.42. The van der Waals surface area contributed by atoms with Crippen LogP contribution in [0.5, 0.6) is 0 Å². The molecule has 0 bridgehead atoms. The molecule has 2 aromatic rings. The summed E-state index contributed by atoms with van der Waals surface area (Å²) in [5.74, 6) is 0.561. The predicted molar refractivity (Wildman–Crippen MR) is 92.8 cm³/mol. The summed E-state index contributed by atoms with van der Waals surface area (Å²) in [6.45, 7) is 8.13. The highest BCUT2D eigenvalue weighted by Gasteiger charge is 2.50. The molecule has 5 nitrogen and oxygen atoms in total. The first-order chi connectivity index (χ1) is 11.7. The monoisotopic (exact) mass is 345 g/mol. The number of hydrogen-bond acceptors (Lipinski definition) is 6. The molecule has 2 aliphatic heterocycles. The fraction of sp³-hybridized carbons (Fsp3) is 0.556. The highest BCUT2D eigenvalue weighted by atomic mass is 32.1. The van der Waals surface area contributed by atoms with E-state index in [4.69, 9.17) is 9.47 Å². The van der Waals surface area contributed by atoms with E-state index in [2.05, 4.69) is 33.2 Å². The maximum Gasteiger partial charge on any atom is 0.0897 e. The van der Waals surface area contributed by atoms with E-state index in [0.717, 1.165) is 50.0 Å². The molecule has 2 fully saturated rings. The molecular formula is C18H23N3O2S. The molecule has 4 heterocycles. The lowest BCUT2D eigenvalue weighted by Gasteiger charge is -2.27. The third kappa shape index (κ3) is 3.37. The van der Waals surface area contributed by atoms with E-state index in [0.29, 0.717) is 12.5 Å². The summed E-state index contributed by atoms with van der Waals surface area (Å²) in [4.78, 5) is 11.3. The van der Waals surface area contributed by atoms with Crippen molar-refractivity contribution in [2.75, 3.05) is 32.9 Å². The van der Waals surface area contributed by atoms with E-state index in [1.54, 1.807) is 17.5 Å². The lowest BCUT2D eigenvalue weighted by atomic mass is 9.82. The first-order valence-electron chi connectivity index (χ1n) is 8.41. The normalized spacial score (nSPS) is 26.8. The van der Waals surface area contributed by atoms with Gasteiger partial charge in [0.25, 0.3) is 0 Å². The molecule has 4 rings (SSSR count). The molecule has 2 aliphatic rings. The Bertz CT molecular complexity index is 678. The Labute approximate surface area is 146 Å². The van der Waals surface area contributed by atoms with E-state index >= 15 is 0 Å². The lowest BCUT2D eigenvalue weighted by Crippen LogP contribution is -2.35. The third-order valence-corrected chi connectivity index (χ3v) is 5.85. The van der Waals surface area contributed by atoms with Gasteiger partial charge in [0, 0.05) is 48.7 Å². The average Bonchev–Trinajstić information content (AvgIpc) is 3.23. The second-order valence-electron chi connectivity index (χ2n) is 6.96. The summed E-state index contributed by atoms with van der Waals surface area (Å²) in [6.07, 6.45) is 3.66. The van der Waals surface area contributed by atoms with Crippen molar-refractivity contribution < 1.29 is 9.47 Å². The zero-order valence-corrected chi connectivity index (χ0v) is 14.8. The van der Waals surface area contributed by atoms with Crippen LogP contribution in [-0.2, 0) is 22.6 Å². The van der Waals surface area contributed by atoms with Crippen LogP contribution >= 0.6 is 11.3 Å². The van der Waals surface area contributed by atoms with Gasteiger partial charge in [-0.3, -0.25) is 9.88 Å². The van der Waals surface area contributed by atoms with Gasteiger partial charge in [-0.05, 0) is 18.6 Å². The van der Waals surface area contributed by atoms with Gasteiger partial charge in [0.2, 0.25) is 0 Å². The molecule has 0 aromatic carbocycles. The summed E-state index contributed by atoms with van der Waals surface area (Å²) in [6, 6.07) is 4.00. The van der Waals surface area contributed by atoms with Crippen LogP contribution in [0.2, 0.25) is 0 Å². The van der Waals surface area contributed by atoms with Crippen LogP contribution in [0.1, 0.15) is 16.3 Å². The lowest BCUT2D eigenvalue weighted by molar-refractivity contribution is 0.0181. The SMILES string of the molecule is Cc1nc(CN2C[C@@H]3COC[C@]3(COCc3cccnc3)C2)cs1. The smallest absolute Gasteiger partial charge is 0.0897 e. The number of aromatic nitrogens is 2. The Morgan fingerprint density at radius 2 is 2.46 bits per heavy atom. The zero-order valence-electron chi connectivity index (χ0n) is 14.0. The Balaban J connectivity index is 1.36. The molecule has 24 heavy (non-hydrogen) atoms. The molecule has 0 spiro atoms. The van der Waals surface area contributed by atoms with Gasteiger partial charge < -0.3 is 9.47 Å². The Kier molecular flexibility index (Phi) is 4.63. The van der Waals surface area contributed by atoms with Crippen molar-refractivity contribution in [2.24, 2.45) is 11.3 Å². The summed E-state index contributed by atoms with van der Waals surface area (Å²) < 4.78 is 11.8. The molecule has 2 aromatic heterocycles. The van der Waals surface area contributed by atoms with Crippen LogP contribution in [0, 0.1) is 18.3 Å². The van der Waals surface area contributed by atoms with Crippen molar-refractivity contribution in [2.45, 2.75) is 20.1 Å². The van der Waals surface area contributed by atoms with Crippen LogP contribution < -0.4 is 0 Å². The minimum Gasteiger partial charge on any atom is -0.380 e. The minimum absolute atomic E-state index is 0.132. The Hall–Kier alpha value is -1.34. The number of likely N-dealkylation sites (tertiary alicyclic amines) is 1. The highest BCUT2D eigenvalue weighted by molar-refractivity contribution is 7.09. The topological polar surface area (TPSA) is 47.5 Å². The second-order valence-corrected chi connectivity index (χ2v) is 8.02. The van der Waals surface area contributed by atoms with Crippen LogP contribution in [-0.4, -0.2) is 47.8 Å². The molecule has 0 radical (unpaired) electrons. The van der Waals surface area contributed by atoms with Crippen molar-refractivity contribution in [1.82, 2.24) is 14.9 Å². The largest absolute Gasteiger partial charge is 0.380 e. The number of pyridine rings is 1. The molecule has 128 valence electrons. The fourth-order valence-electron chi connectivity index (χ4n) is 3.83. The van der Waals surface area contributed by atoms with E-state index in [1.165, 1.54) is 5.69 Å². The van der Waals surface area contributed by atoms with Gasteiger partial charge in [-0.15, -0.1) is 11.3 Å². The van der Waals surface area contributed by atoms with Gasteiger partial charge in [-0.1, -0.05) is 6.07 Å². The molecule has 0 unspecified atom stereocenters. The molecule has 0 aliphatic carbocycles. The molecule has 2 atom stereocenters. The van der Waals surface area contributed by atoms with Crippen molar-refractivity contribution in [3.63, 3.8) is 0 Å². The Morgan fingerprint density at radius 1 is 1.50 bits per heavy atom. The van der Waals surface area contributed by atoms with Crippen molar-refractivity contribution in [1.29, 1.82) is 0 Å². The van der Waals surface area contributed by atoms with E-state index in [1.807, 2.05) is 12.3 Å². The summed E-state index contributed by atoms with van der Waals surface area (Å²) in [7, 11) is 0. The molecule has 0 N–H and O–H groups in total. The van der Waals surface area contributed by atoms with E-state index in [9.17, 15) is 0 Å². The number of fused-ring (bicyclic) bond motifs is 1. The van der Waals surface area contributed by atoms with E-state index < -0.39 is 0 Å². The molecule has 0 saturated carbocycles. The minimum atomic E-state index is 0.132. The number of hydrogen-bond donors (Lipinski definition) is 0. The summed E-state index contributed by atoms with van der Waals surface area (Å²) in [5, 5.41) is 3.31. The van der Waals surface area contributed by atoms with Gasteiger partial charge in [0.15, 0.2) is 0 Å². The number of ether oxygens (including phenoxy) is 2. The first kappa shape index (κ1) is 16.1. The number of nitrogens with zero attached hydrogens (tertiary/aromatic N) is 3. The van der Waals surface area contributed by atoms with E-state index in [-0.39, 0.29) is 5.41 Å². The quantitative estimate of drug-likeness (QED) is 0.805. The van der Waals surface area contributed by atoms with Gasteiger partial charge in [-0.25, -0.2) is 4.98 Å². The summed E-state index contributed by atoms with van der Waals surface area (Å²) >= 11 is 1.73. The molecule has 6 heteroatoms. The second kappa shape index (κ2) is 6.88. The van der Waals surface area contributed by atoms with Crippen molar-refractivity contribution >= 4 is 11.3 Å². The molecule has 0 amide bonds. The summed E-state index contributed by atoms with van der Waals surface area (Å²) in [5.41, 5.74) is 2.44. The molecular weight excluding hydrogens is 322 g/mol. The van der Waals surface area contributed by atoms with Crippen LogP contribution in [0.4, 0.5) is 0 Å². The van der Waals surface area contributed by atoms with Crippen LogP contribution in [0.15, 0.2) is 29.9 Å². The predicted octanol–water partition coefficient (Wildman–Crippen LogP) is 2.51. The van der Waals surface area contributed by atoms with Gasteiger partial charge in [0.05, 0.1) is 37.1 Å². The zero-order chi connectivity index (χ0) is 16.4. The number of aryl methyl sites for hydroxylation is 1. The maximum absolute atomic E-state index is 6.05. The maximum atomic E-state index is 6.05. The number of thiazole rings is 1. The van der Waals surface area contributed by atoms with Gasteiger partial charge >= 0.3 is 0 Å². The first-order valence-corrected chi connectivity index (χ1v) is 9.29. The average molecular weight is 345 g/mol. The standard InChI is InChI=1S/C18H23N3O2S/c1-14-20-17(10-24-14)7-21-6-16-9-23-13-18(16,11-21)12-22-8-15-3-2-4-19-5-15/h2-5,10,16H,6-9,11-13H2,1H3/t16-,18-/m1/s1. The molecule has 2 saturated heterocycles. The Morgan fingerprint density at radius 3 is 3.25 bits per heavy atom. The third-order valence-electron chi connectivity index (χ3n) is 5.02.